The molecule has 0 bridgehead atoms. The van der Waals surface area contributed by atoms with Crippen molar-refractivity contribution in [3.63, 3.8) is 0 Å². The van der Waals surface area contributed by atoms with Gasteiger partial charge >= 0.3 is 0 Å². The second-order valence-electron chi connectivity index (χ2n) is 6.76. The van der Waals surface area contributed by atoms with Crippen molar-refractivity contribution in [2.45, 2.75) is 31.7 Å². The van der Waals surface area contributed by atoms with E-state index < -0.39 is 0 Å². The molecular formula is C13H25FN4. The zero-order chi connectivity index (χ0) is 12.8. The van der Waals surface area contributed by atoms with E-state index in [1.807, 2.05) is 5.01 Å². The van der Waals surface area contributed by atoms with Crippen LogP contribution in [0.15, 0.2) is 0 Å². The van der Waals surface area contributed by atoms with E-state index in [0.717, 1.165) is 43.6 Å². The fraction of sp³-hybridized carbons (Fsp3) is 1.00. The Morgan fingerprint density at radius 3 is 2.44 bits per heavy atom. The fourth-order valence-electron chi connectivity index (χ4n) is 3.97. The number of hydrogen-bond donors (Lipinski definition) is 1. The van der Waals surface area contributed by atoms with Crippen LogP contribution in [0.25, 0.3) is 0 Å². The van der Waals surface area contributed by atoms with Gasteiger partial charge in [0.2, 0.25) is 0 Å². The van der Waals surface area contributed by atoms with Crippen LogP contribution in [0.3, 0.4) is 0 Å². The Morgan fingerprint density at radius 1 is 1.28 bits per heavy atom. The summed E-state index contributed by atoms with van der Waals surface area (Å²) in [6.07, 6.45) is 4.63. The van der Waals surface area contributed by atoms with Gasteiger partial charge in [-0.3, -0.25) is 5.84 Å². The van der Waals surface area contributed by atoms with E-state index in [0.29, 0.717) is 24.4 Å². The SMILES string of the molecule is CN(CC1CCN(F)CC1)C1CC2(C1)CN(N)C2. The molecule has 0 radical (unpaired) electrons. The standard InChI is InChI=1S/C13H25FN4/c1-16(8-11-2-4-17(14)5-3-11)12-6-13(7-12)9-18(15)10-13/h11-12H,2-10,15H2,1H3. The zero-order valence-corrected chi connectivity index (χ0v) is 11.3. The van der Waals surface area contributed by atoms with E-state index in [1.54, 1.807) is 0 Å². The molecule has 2 aliphatic heterocycles. The van der Waals surface area contributed by atoms with Crippen molar-refractivity contribution >= 4 is 0 Å². The molecule has 5 heteroatoms. The van der Waals surface area contributed by atoms with Crippen LogP contribution in [0.2, 0.25) is 0 Å². The van der Waals surface area contributed by atoms with Gasteiger partial charge in [-0.2, -0.15) is 0 Å². The number of nitrogens with zero attached hydrogens (tertiary/aromatic N) is 3. The van der Waals surface area contributed by atoms with Crippen LogP contribution in [0.5, 0.6) is 0 Å². The maximum atomic E-state index is 12.9. The summed E-state index contributed by atoms with van der Waals surface area (Å²) in [5.41, 5.74) is 0.552. The molecule has 3 fully saturated rings. The molecule has 104 valence electrons. The van der Waals surface area contributed by atoms with Crippen LogP contribution in [0.1, 0.15) is 25.7 Å². The molecule has 0 aromatic carbocycles. The molecule has 3 rings (SSSR count). The van der Waals surface area contributed by atoms with Crippen LogP contribution >= 0.6 is 0 Å². The Balaban J connectivity index is 1.39. The van der Waals surface area contributed by atoms with E-state index >= 15 is 0 Å². The molecule has 1 saturated carbocycles. The third-order valence-electron chi connectivity index (χ3n) is 5.14. The van der Waals surface area contributed by atoms with Crippen LogP contribution in [0, 0.1) is 11.3 Å². The van der Waals surface area contributed by atoms with Gasteiger partial charge in [-0.1, -0.05) is 0 Å². The van der Waals surface area contributed by atoms with Gasteiger partial charge in [0.25, 0.3) is 0 Å². The number of hydrazine groups is 1. The maximum Gasteiger partial charge on any atom is 0.0293 e. The number of halogens is 1. The van der Waals surface area contributed by atoms with Gasteiger partial charge in [0.15, 0.2) is 0 Å². The Bertz CT molecular complexity index is 289. The van der Waals surface area contributed by atoms with E-state index in [9.17, 15) is 4.48 Å². The van der Waals surface area contributed by atoms with E-state index in [4.69, 9.17) is 5.84 Å². The van der Waals surface area contributed by atoms with Crippen molar-refractivity contribution in [1.82, 2.24) is 15.0 Å². The molecule has 18 heavy (non-hydrogen) atoms. The predicted octanol–water partition coefficient (Wildman–Crippen LogP) is 0.853. The lowest BCUT2D eigenvalue weighted by atomic mass is 9.61. The fourth-order valence-corrected chi connectivity index (χ4v) is 3.97. The van der Waals surface area contributed by atoms with Crippen LogP contribution in [-0.4, -0.2) is 60.8 Å². The number of piperidine rings is 1. The van der Waals surface area contributed by atoms with Gasteiger partial charge in [0, 0.05) is 44.2 Å². The predicted molar refractivity (Wildman–Crippen MR) is 69.3 cm³/mol. The summed E-state index contributed by atoms with van der Waals surface area (Å²) in [6, 6.07) is 0.738. The average Bonchev–Trinajstić information content (AvgIpc) is 2.24. The highest BCUT2D eigenvalue weighted by Gasteiger charge is 2.52. The lowest BCUT2D eigenvalue weighted by molar-refractivity contribution is -0.109. The van der Waals surface area contributed by atoms with E-state index in [-0.39, 0.29) is 0 Å². The van der Waals surface area contributed by atoms with Gasteiger partial charge in [-0.05, 0) is 38.6 Å². The highest BCUT2D eigenvalue weighted by molar-refractivity contribution is 5.06. The largest absolute Gasteiger partial charge is 0.303 e. The summed E-state index contributed by atoms with van der Waals surface area (Å²) in [5.74, 6) is 6.41. The molecule has 2 N–H and O–H groups in total. The van der Waals surface area contributed by atoms with Crippen molar-refractivity contribution in [3.05, 3.63) is 0 Å². The first-order chi connectivity index (χ1) is 8.56. The number of hydrogen-bond acceptors (Lipinski definition) is 4. The normalized spacial score (nSPS) is 30.7. The number of nitrogens with two attached hydrogens (primary N) is 1. The molecule has 0 aromatic heterocycles. The van der Waals surface area contributed by atoms with Crippen molar-refractivity contribution < 1.29 is 4.48 Å². The molecule has 3 aliphatic rings. The summed E-state index contributed by atoms with van der Waals surface area (Å²) >= 11 is 0. The summed E-state index contributed by atoms with van der Waals surface area (Å²) < 4.78 is 12.9. The second kappa shape index (κ2) is 4.71. The van der Waals surface area contributed by atoms with Gasteiger partial charge in [-0.25, -0.2) is 5.01 Å². The van der Waals surface area contributed by atoms with Crippen molar-refractivity contribution in [1.29, 1.82) is 0 Å². The molecule has 0 amide bonds. The summed E-state index contributed by atoms with van der Waals surface area (Å²) in [6.45, 7) is 4.54. The minimum Gasteiger partial charge on any atom is -0.303 e. The molecule has 2 heterocycles. The third kappa shape index (κ3) is 2.41. The summed E-state index contributed by atoms with van der Waals surface area (Å²) in [7, 11) is 2.23. The highest BCUT2D eigenvalue weighted by Crippen LogP contribution is 2.49. The Kier molecular flexibility index (Phi) is 3.34. The smallest absolute Gasteiger partial charge is 0.0293 e. The molecule has 0 aromatic rings. The van der Waals surface area contributed by atoms with Crippen LogP contribution < -0.4 is 5.84 Å². The first-order valence-electron chi connectivity index (χ1n) is 7.17. The van der Waals surface area contributed by atoms with E-state index in [2.05, 4.69) is 11.9 Å². The van der Waals surface area contributed by atoms with Crippen LogP contribution in [0.4, 0.5) is 4.48 Å². The minimum atomic E-state index is 0.552. The van der Waals surface area contributed by atoms with Crippen molar-refractivity contribution in [2.24, 2.45) is 17.2 Å². The molecule has 2 saturated heterocycles. The van der Waals surface area contributed by atoms with Crippen molar-refractivity contribution in [2.75, 3.05) is 39.8 Å². The molecule has 0 unspecified atom stereocenters. The molecule has 1 spiro atoms. The van der Waals surface area contributed by atoms with Crippen molar-refractivity contribution in [3.8, 4) is 0 Å². The zero-order valence-electron chi connectivity index (χ0n) is 11.3. The highest BCUT2D eigenvalue weighted by atomic mass is 19.2. The maximum absolute atomic E-state index is 12.9. The quantitative estimate of drug-likeness (QED) is 0.600. The topological polar surface area (TPSA) is 35.7 Å². The average molecular weight is 256 g/mol. The van der Waals surface area contributed by atoms with Gasteiger partial charge in [0.1, 0.15) is 0 Å². The minimum absolute atomic E-state index is 0.552. The second-order valence-corrected chi connectivity index (χ2v) is 6.76. The summed E-state index contributed by atoms with van der Waals surface area (Å²) in [4.78, 5) is 2.50. The Hall–Kier alpha value is -0.230. The first kappa shape index (κ1) is 12.8. The van der Waals surface area contributed by atoms with Gasteiger partial charge in [0.05, 0.1) is 0 Å². The third-order valence-corrected chi connectivity index (χ3v) is 5.14. The lowest BCUT2D eigenvalue weighted by Crippen LogP contribution is -2.68. The van der Waals surface area contributed by atoms with Gasteiger partial charge in [-0.15, -0.1) is 9.60 Å². The van der Waals surface area contributed by atoms with E-state index in [1.165, 1.54) is 12.8 Å². The molecular weight excluding hydrogens is 231 g/mol. The lowest BCUT2D eigenvalue weighted by Gasteiger charge is -2.59. The molecule has 1 aliphatic carbocycles. The summed E-state index contributed by atoms with van der Waals surface area (Å²) in [5, 5.41) is 2.88. The number of rotatable bonds is 3. The van der Waals surface area contributed by atoms with Gasteiger partial charge < -0.3 is 4.90 Å². The Labute approximate surface area is 109 Å². The monoisotopic (exact) mass is 256 g/mol. The molecule has 4 nitrogen and oxygen atoms in total. The molecule has 0 atom stereocenters. The van der Waals surface area contributed by atoms with Crippen LogP contribution in [-0.2, 0) is 0 Å². The first-order valence-corrected chi connectivity index (χ1v) is 7.17. The Morgan fingerprint density at radius 2 is 1.89 bits per heavy atom.